The molecule has 0 saturated carbocycles. The van der Waals surface area contributed by atoms with Gasteiger partial charge in [0.2, 0.25) is 0 Å². The number of hydrogen-bond acceptors (Lipinski definition) is 0. The Morgan fingerprint density at radius 2 is 1.00 bits per heavy atom. The van der Waals surface area contributed by atoms with E-state index in [2.05, 4.69) is 0 Å². The van der Waals surface area contributed by atoms with Gasteiger partial charge in [0.25, 0.3) is 0 Å². The van der Waals surface area contributed by atoms with E-state index in [9.17, 15) is 0 Å². The van der Waals surface area contributed by atoms with Crippen molar-refractivity contribution in [1.82, 2.24) is 0 Å². The Kier molecular flexibility index (Phi) is 222. The second-order valence-corrected chi connectivity index (χ2v) is 0. The predicted molar refractivity (Wildman–Crippen MR) is 9.94 cm³/mol. The van der Waals surface area contributed by atoms with Crippen molar-refractivity contribution >= 4 is 17.4 Å². The Hall–Kier alpha value is 3.23. The van der Waals surface area contributed by atoms with Crippen molar-refractivity contribution in [2.45, 2.75) is 0 Å². The molecule has 0 aromatic heterocycles. The minimum absolute atomic E-state index is 0. The summed E-state index contributed by atoms with van der Waals surface area (Å²) < 4.78 is 0. The van der Waals surface area contributed by atoms with Gasteiger partial charge in [-0.2, -0.15) is 0 Å². The molecule has 0 aromatic rings. The first kappa shape index (κ1) is 41.2. The van der Waals surface area contributed by atoms with E-state index in [1.165, 1.54) is 0 Å². The van der Waals surface area contributed by atoms with Crippen molar-refractivity contribution in [2.75, 3.05) is 0 Å². The monoisotopic (exact) mass is 275 g/mol. The predicted octanol–water partition coefficient (Wildman–Crippen LogP) is -1.19. The molecule has 0 aliphatic heterocycles. The minimum atomic E-state index is 0. The molecule has 0 spiro atoms. The Bertz CT molecular complexity index is 11.6. The van der Waals surface area contributed by atoms with Crippen LogP contribution in [0.15, 0.2) is 0 Å². The van der Waals surface area contributed by atoms with Crippen molar-refractivity contribution in [1.29, 1.82) is 0 Å². The van der Waals surface area contributed by atoms with Crippen molar-refractivity contribution in [2.24, 2.45) is 0 Å². The van der Waals surface area contributed by atoms with Crippen LogP contribution >= 0.6 is 0 Å². The van der Waals surface area contributed by atoms with E-state index in [0.717, 1.165) is 0 Å². The summed E-state index contributed by atoms with van der Waals surface area (Å²) >= 11 is 0. The van der Waals surface area contributed by atoms with Gasteiger partial charge >= 0.3 is 0 Å². The van der Waals surface area contributed by atoms with E-state index in [0.29, 0.717) is 0 Å². The first-order valence-electron chi connectivity index (χ1n) is 0. The second-order valence-electron chi connectivity index (χ2n) is 0. The van der Waals surface area contributed by atoms with E-state index in [4.69, 9.17) is 0 Å². The van der Waals surface area contributed by atoms with Gasteiger partial charge in [0, 0.05) is 83.5 Å². The molecule has 0 atom stereocenters. The van der Waals surface area contributed by atoms with Crippen LogP contribution in [-0.4, -0.2) is 17.4 Å². The van der Waals surface area contributed by atoms with E-state index in [1.807, 2.05) is 0 Å². The van der Waals surface area contributed by atoms with Crippen molar-refractivity contribution in [3.8, 4) is 0 Å². The normalized spacial score (nSPS) is 0. The van der Waals surface area contributed by atoms with Crippen LogP contribution in [0.1, 0.15) is 0 Å². The maximum Gasteiger partial charge on any atom is 0.187 e. The summed E-state index contributed by atoms with van der Waals surface area (Å²) in [7, 11) is 0. The van der Waals surface area contributed by atoms with Gasteiger partial charge in [-0.25, -0.2) is 0 Å². The fourth-order valence-corrected chi connectivity index (χ4v) is 0. The van der Waals surface area contributed by atoms with Crippen LogP contribution in [0, 0.1) is 0 Å². The Morgan fingerprint density at radius 3 is 1.00 bits per heavy atom. The average Bonchev–Trinajstić information content (AvgIpc) is 0. The van der Waals surface area contributed by atoms with Crippen molar-refractivity contribution < 1.29 is 83.5 Å². The first-order chi connectivity index (χ1) is 0. The van der Waals surface area contributed by atoms with Gasteiger partial charge in [-0.05, 0) is 0 Å². The van der Waals surface area contributed by atoms with Gasteiger partial charge in [0.1, 0.15) is 0 Å². The second kappa shape index (κ2) is 26.9. The van der Waals surface area contributed by atoms with Gasteiger partial charge in [0.05, 0.1) is 0 Å². The summed E-state index contributed by atoms with van der Waals surface area (Å²) in [6, 6.07) is 0. The van der Waals surface area contributed by atoms with E-state index in [1.54, 1.807) is 0 Å². The summed E-state index contributed by atoms with van der Waals surface area (Å²) in [5, 5.41) is 0. The van der Waals surface area contributed by atoms with Gasteiger partial charge < -0.3 is 0 Å². The Balaban J connectivity index is 0. The van der Waals surface area contributed by atoms with Crippen LogP contribution in [0.25, 0.3) is 0 Å². The molecule has 0 fully saturated rings. The van der Waals surface area contributed by atoms with Crippen LogP contribution in [0.4, 0.5) is 0 Å². The molecule has 0 aliphatic carbocycles. The summed E-state index contributed by atoms with van der Waals surface area (Å²) in [4.78, 5) is 0. The maximum atomic E-state index is 0. The molecule has 0 bridgehead atoms. The molecule has 0 heterocycles. The molecular weight excluding hydrogens is 273 g/mol. The smallest absolute Gasteiger partial charge is 0 e. The molecule has 0 rings (SSSR count). The zero-order valence-electron chi connectivity index (χ0n) is 1.80. The first-order valence-corrected chi connectivity index (χ1v) is 0. The average molecular weight is 276 g/mol. The van der Waals surface area contributed by atoms with E-state index >= 15 is 0 Å². The standard InChI is InChI=1S/Al.Fe.Ti.V.Zr.3H. The van der Waals surface area contributed by atoms with Crippen LogP contribution < -0.4 is 0 Å². The van der Waals surface area contributed by atoms with Crippen LogP contribution in [0.2, 0.25) is 0 Å². The Morgan fingerprint density at radius 1 is 1.00 bits per heavy atom. The molecular formula is H3AlFeTiVZr. The van der Waals surface area contributed by atoms with Gasteiger partial charge in [-0.1, -0.05) is 0 Å². The van der Waals surface area contributed by atoms with E-state index in [-0.39, 0.29) is 101 Å². The fourth-order valence-electron chi connectivity index (χ4n) is 0. The van der Waals surface area contributed by atoms with Crippen LogP contribution in [-0.2, 0) is 83.5 Å². The zero-order chi connectivity index (χ0) is 0. The van der Waals surface area contributed by atoms with Gasteiger partial charge in [-0.15, -0.1) is 0 Å². The molecule has 0 aliphatic rings. The molecule has 5 heteroatoms. The topological polar surface area (TPSA) is 0 Å². The maximum absolute atomic E-state index is 0. The molecule has 0 nitrogen and oxygen atoms in total. The minimum Gasteiger partial charge on any atom is 0 e. The number of hydrogen-bond donors (Lipinski definition) is 0. The molecule has 0 unspecified atom stereocenters. The third-order valence-electron chi connectivity index (χ3n) is 0. The largest absolute Gasteiger partial charge is 0.187 e. The summed E-state index contributed by atoms with van der Waals surface area (Å²) in [6.45, 7) is 0. The molecule has 0 amide bonds. The SMILES string of the molecule is [AlH3].[Fe].[Ti].[V].[Zr]. The third kappa shape index (κ3) is 18.9. The fraction of sp³-hybridized carbons (Fsp3) is 0. The van der Waals surface area contributed by atoms with Gasteiger partial charge in [0.15, 0.2) is 17.4 Å². The third-order valence-corrected chi connectivity index (χ3v) is 0. The van der Waals surface area contributed by atoms with E-state index < -0.39 is 0 Å². The molecule has 0 aromatic carbocycles. The van der Waals surface area contributed by atoms with Crippen molar-refractivity contribution in [3.63, 3.8) is 0 Å². The quantitative estimate of drug-likeness (QED) is 0.488. The van der Waals surface area contributed by atoms with Crippen LogP contribution in [0.5, 0.6) is 0 Å². The summed E-state index contributed by atoms with van der Waals surface area (Å²) in [6.07, 6.45) is 0. The van der Waals surface area contributed by atoms with Crippen LogP contribution in [0.3, 0.4) is 0 Å². The molecule has 0 N–H and O–H groups in total. The Labute approximate surface area is 99.1 Å². The molecule has 5 heavy (non-hydrogen) atoms. The molecule has 0 saturated heterocycles. The van der Waals surface area contributed by atoms with Gasteiger partial charge in [-0.3, -0.25) is 0 Å². The number of rotatable bonds is 0. The summed E-state index contributed by atoms with van der Waals surface area (Å²) in [5.74, 6) is 0. The summed E-state index contributed by atoms with van der Waals surface area (Å²) in [5.41, 5.74) is 0. The molecule has 27 valence electrons. The van der Waals surface area contributed by atoms with Crippen molar-refractivity contribution in [3.05, 3.63) is 0 Å². The molecule has 1 radical (unpaired) electrons. The zero-order valence-corrected chi connectivity index (χ0v) is 8.32.